The fourth-order valence-electron chi connectivity index (χ4n) is 3.50. The number of nitrogens with zero attached hydrogens (tertiary/aromatic N) is 1. The lowest BCUT2D eigenvalue weighted by Crippen LogP contribution is -2.32. The number of fused-ring (bicyclic) bond motifs is 1. The molecular weight excluding hydrogens is 292 g/mol. The average molecular weight is 316 g/mol. The van der Waals surface area contributed by atoms with Gasteiger partial charge in [0.05, 0.1) is 0 Å². The second-order valence-electron chi connectivity index (χ2n) is 6.83. The monoisotopic (exact) mass is 316 g/mol. The molecule has 1 heterocycles. The molecule has 24 heavy (non-hydrogen) atoms. The highest BCUT2D eigenvalue weighted by Crippen LogP contribution is 2.25. The molecule has 0 saturated carbocycles. The Morgan fingerprint density at radius 1 is 0.958 bits per heavy atom. The zero-order chi connectivity index (χ0) is 16.4. The minimum atomic E-state index is 0.567. The highest BCUT2D eigenvalue weighted by Gasteiger charge is 2.22. The van der Waals surface area contributed by atoms with Crippen LogP contribution in [0.15, 0.2) is 66.7 Å². The highest BCUT2D eigenvalue weighted by atomic mass is 15.2. The van der Waals surface area contributed by atoms with Crippen LogP contribution in [0.3, 0.4) is 0 Å². The van der Waals surface area contributed by atoms with Gasteiger partial charge >= 0.3 is 0 Å². The van der Waals surface area contributed by atoms with Gasteiger partial charge < -0.3 is 10.2 Å². The zero-order valence-electron chi connectivity index (χ0n) is 14.2. The van der Waals surface area contributed by atoms with E-state index in [9.17, 15) is 0 Å². The number of aryl methyl sites for hydroxylation is 1. The molecule has 2 nitrogen and oxygen atoms in total. The molecule has 1 N–H and O–H groups in total. The van der Waals surface area contributed by atoms with E-state index < -0.39 is 0 Å². The molecule has 1 aliphatic heterocycles. The van der Waals surface area contributed by atoms with E-state index in [1.54, 1.807) is 0 Å². The lowest BCUT2D eigenvalue weighted by atomic mass is 10.1. The molecule has 122 valence electrons. The Kier molecular flexibility index (Phi) is 4.22. The first-order valence-electron chi connectivity index (χ1n) is 8.81. The first-order chi connectivity index (χ1) is 11.8. The Balaban J connectivity index is 1.39. The topological polar surface area (TPSA) is 15.3 Å². The van der Waals surface area contributed by atoms with E-state index in [1.165, 1.54) is 34.0 Å². The van der Waals surface area contributed by atoms with Crippen LogP contribution in [0.25, 0.3) is 10.8 Å². The van der Waals surface area contributed by atoms with Gasteiger partial charge in [0.1, 0.15) is 0 Å². The smallest absolute Gasteiger partial charge is 0.0373 e. The minimum absolute atomic E-state index is 0.567. The van der Waals surface area contributed by atoms with Crippen molar-refractivity contribution in [3.63, 3.8) is 0 Å². The summed E-state index contributed by atoms with van der Waals surface area (Å²) < 4.78 is 0. The van der Waals surface area contributed by atoms with Gasteiger partial charge in [0.2, 0.25) is 0 Å². The van der Waals surface area contributed by atoms with Crippen molar-refractivity contribution < 1.29 is 0 Å². The van der Waals surface area contributed by atoms with Gasteiger partial charge in [-0.2, -0.15) is 0 Å². The molecule has 1 unspecified atom stereocenters. The van der Waals surface area contributed by atoms with Crippen LogP contribution in [0, 0.1) is 6.92 Å². The summed E-state index contributed by atoms with van der Waals surface area (Å²) in [5, 5.41) is 6.35. The van der Waals surface area contributed by atoms with Gasteiger partial charge in [-0.15, -0.1) is 0 Å². The van der Waals surface area contributed by atoms with E-state index in [0.29, 0.717) is 6.04 Å². The maximum Gasteiger partial charge on any atom is 0.0373 e. The molecule has 0 radical (unpaired) electrons. The predicted octanol–water partition coefficient (Wildman–Crippen LogP) is 4.52. The third-order valence-corrected chi connectivity index (χ3v) is 5.00. The molecule has 1 aliphatic rings. The SMILES string of the molecule is Cc1ccc(CNC2CCN(c3ccc4ccccc4c3)C2)cc1. The van der Waals surface area contributed by atoms with Crippen molar-refractivity contribution in [3.8, 4) is 0 Å². The van der Waals surface area contributed by atoms with Crippen LogP contribution in [0.5, 0.6) is 0 Å². The van der Waals surface area contributed by atoms with Crippen molar-refractivity contribution in [3.05, 3.63) is 77.9 Å². The summed E-state index contributed by atoms with van der Waals surface area (Å²) >= 11 is 0. The molecule has 1 fully saturated rings. The van der Waals surface area contributed by atoms with Gasteiger partial charge in [0, 0.05) is 31.4 Å². The number of nitrogens with one attached hydrogen (secondary N) is 1. The van der Waals surface area contributed by atoms with Gasteiger partial charge in [-0.3, -0.25) is 0 Å². The maximum absolute atomic E-state index is 3.71. The van der Waals surface area contributed by atoms with Crippen LogP contribution >= 0.6 is 0 Å². The molecule has 0 amide bonds. The molecule has 3 aromatic rings. The molecule has 0 bridgehead atoms. The highest BCUT2D eigenvalue weighted by molar-refractivity contribution is 5.85. The molecule has 0 aliphatic carbocycles. The molecule has 0 spiro atoms. The van der Waals surface area contributed by atoms with E-state index in [1.807, 2.05) is 0 Å². The van der Waals surface area contributed by atoms with Gasteiger partial charge in [0.15, 0.2) is 0 Å². The van der Waals surface area contributed by atoms with Gasteiger partial charge in [0.25, 0.3) is 0 Å². The molecule has 2 heteroatoms. The van der Waals surface area contributed by atoms with Crippen LogP contribution < -0.4 is 10.2 Å². The van der Waals surface area contributed by atoms with Gasteiger partial charge in [-0.25, -0.2) is 0 Å². The summed E-state index contributed by atoms with van der Waals surface area (Å²) in [6.45, 7) is 5.31. The van der Waals surface area contributed by atoms with Crippen LogP contribution in [0.2, 0.25) is 0 Å². The lowest BCUT2D eigenvalue weighted by Gasteiger charge is -2.20. The number of anilines is 1. The first kappa shape index (κ1) is 15.2. The molecule has 0 aromatic heterocycles. The van der Waals surface area contributed by atoms with Crippen molar-refractivity contribution in [1.82, 2.24) is 5.32 Å². The Morgan fingerprint density at radius 3 is 2.58 bits per heavy atom. The van der Waals surface area contributed by atoms with Crippen molar-refractivity contribution in [1.29, 1.82) is 0 Å². The second kappa shape index (κ2) is 6.66. The van der Waals surface area contributed by atoms with Crippen molar-refractivity contribution in [2.24, 2.45) is 0 Å². The van der Waals surface area contributed by atoms with Crippen LogP contribution in [-0.4, -0.2) is 19.1 Å². The van der Waals surface area contributed by atoms with E-state index in [0.717, 1.165) is 19.6 Å². The fourth-order valence-corrected chi connectivity index (χ4v) is 3.50. The number of hydrogen-bond donors (Lipinski definition) is 1. The maximum atomic E-state index is 3.71. The first-order valence-corrected chi connectivity index (χ1v) is 8.81. The van der Waals surface area contributed by atoms with E-state index in [2.05, 4.69) is 83.9 Å². The van der Waals surface area contributed by atoms with Crippen LogP contribution in [0.1, 0.15) is 17.5 Å². The third-order valence-electron chi connectivity index (χ3n) is 5.00. The number of benzene rings is 3. The third kappa shape index (κ3) is 3.29. The average Bonchev–Trinajstić information content (AvgIpc) is 3.10. The molecule has 3 aromatic carbocycles. The largest absolute Gasteiger partial charge is 0.370 e. The quantitative estimate of drug-likeness (QED) is 0.761. The molecular formula is C22H24N2. The summed E-state index contributed by atoms with van der Waals surface area (Å²) in [5.41, 5.74) is 4.03. The predicted molar refractivity (Wildman–Crippen MR) is 103 cm³/mol. The van der Waals surface area contributed by atoms with Gasteiger partial charge in [-0.05, 0) is 41.8 Å². The fraction of sp³-hybridized carbons (Fsp3) is 0.273. The van der Waals surface area contributed by atoms with E-state index in [4.69, 9.17) is 0 Å². The van der Waals surface area contributed by atoms with Crippen LogP contribution in [-0.2, 0) is 6.54 Å². The Bertz CT molecular complexity index is 823. The lowest BCUT2D eigenvalue weighted by molar-refractivity contribution is 0.551. The minimum Gasteiger partial charge on any atom is -0.370 e. The second-order valence-corrected chi connectivity index (χ2v) is 6.83. The summed E-state index contributed by atoms with van der Waals surface area (Å²) in [5.74, 6) is 0. The molecule has 4 rings (SSSR count). The summed E-state index contributed by atoms with van der Waals surface area (Å²) in [7, 11) is 0. The zero-order valence-corrected chi connectivity index (χ0v) is 14.2. The van der Waals surface area contributed by atoms with Crippen molar-refractivity contribution in [2.45, 2.75) is 25.9 Å². The number of rotatable bonds is 4. The van der Waals surface area contributed by atoms with Crippen molar-refractivity contribution >= 4 is 16.5 Å². The van der Waals surface area contributed by atoms with Crippen molar-refractivity contribution in [2.75, 3.05) is 18.0 Å². The van der Waals surface area contributed by atoms with Crippen LogP contribution in [0.4, 0.5) is 5.69 Å². The molecule has 1 saturated heterocycles. The van der Waals surface area contributed by atoms with Gasteiger partial charge in [-0.1, -0.05) is 60.2 Å². The Morgan fingerprint density at radius 2 is 1.75 bits per heavy atom. The van der Waals surface area contributed by atoms with E-state index >= 15 is 0 Å². The number of hydrogen-bond acceptors (Lipinski definition) is 2. The Labute approximate surface area is 144 Å². The summed E-state index contributed by atoms with van der Waals surface area (Å²) in [6, 6.07) is 24.8. The standard InChI is InChI=1S/C22H24N2/c1-17-6-8-18(9-7-17)15-23-21-12-13-24(16-21)22-11-10-19-4-2-3-5-20(19)14-22/h2-11,14,21,23H,12-13,15-16H2,1H3. The normalized spacial score (nSPS) is 17.5. The Hall–Kier alpha value is -2.32. The summed E-state index contributed by atoms with van der Waals surface area (Å²) in [4.78, 5) is 2.50. The summed E-state index contributed by atoms with van der Waals surface area (Å²) in [6.07, 6.45) is 1.21. The molecule has 1 atom stereocenters. The van der Waals surface area contributed by atoms with E-state index in [-0.39, 0.29) is 0 Å².